The van der Waals surface area contributed by atoms with Crippen LogP contribution in [0.2, 0.25) is 0 Å². The van der Waals surface area contributed by atoms with Crippen molar-refractivity contribution >= 4 is 190 Å². The van der Waals surface area contributed by atoms with Crippen LogP contribution in [0.15, 0.2) is 303 Å². The molecule has 0 unspecified atom stereocenters. The summed E-state index contributed by atoms with van der Waals surface area (Å²) in [6.45, 7) is 0. The van der Waals surface area contributed by atoms with Crippen LogP contribution < -0.4 is 31.8 Å². The number of rotatable bonds is 6. The van der Waals surface area contributed by atoms with Gasteiger partial charge in [0.25, 0.3) is 0 Å². The number of hydrogen-bond donors (Lipinski definition) is 0. The van der Waals surface area contributed by atoms with Gasteiger partial charge in [0.2, 0.25) is 0 Å². The van der Waals surface area contributed by atoms with Crippen molar-refractivity contribution in [3.05, 3.63) is 303 Å². The molecule has 0 saturated heterocycles. The zero-order valence-corrected chi connectivity index (χ0v) is 50.7. The van der Waals surface area contributed by atoms with Crippen molar-refractivity contribution in [2.75, 3.05) is 0 Å². The van der Waals surface area contributed by atoms with Gasteiger partial charge in [0.15, 0.2) is 0 Å². The molecule has 86 heavy (non-hydrogen) atoms. The van der Waals surface area contributed by atoms with E-state index in [1.165, 1.54) is 107 Å². The van der Waals surface area contributed by atoms with Gasteiger partial charge in [-0.1, -0.05) is 145 Å². The molecular weight excluding hydrogens is 1170 g/mol. The fourth-order valence-corrected chi connectivity index (χ4v) is 23.0. The first kappa shape index (κ1) is 51.1. The number of fused-ring (bicyclic) bond motifs is 22. The number of aromatic nitrogens is 4. The third-order valence-corrected chi connectivity index (χ3v) is 29.5. The zero-order valence-electron chi connectivity index (χ0n) is 46.4. The summed E-state index contributed by atoms with van der Waals surface area (Å²) in [5.41, 5.74) is 6.37. The van der Waals surface area contributed by atoms with Gasteiger partial charge in [-0.3, -0.25) is 4.40 Å². The van der Waals surface area contributed by atoms with Crippen LogP contribution in [0.3, 0.4) is 0 Å². The van der Waals surface area contributed by atoms with E-state index < -0.39 is 11.5 Å². The van der Waals surface area contributed by atoms with E-state index in [2.05, 4.69) is 327 Å². The molecule has 0 aliphatic rings. The Bertz CT molecular complexity index is 5820. The van der Waals surface area contributed by atoms with E-state index >= 15 is 0 Å². The van der Waals surface area contributed by atoms with Crippen molar-refractivity contribution in [3.8, 4) is 0 Å². The molecule has 0 saturated carbocycles. The number of hydrogen-bond acceptors (Lipinski definition) is 3. The van der Waals surface area contributed by atoms with Gasteiger partial charge in [-0.25, -0.2) is 4.98 Å². The molecule has 0 fully saturated rings. The van der Waals surface area contributed by atoms with Crippen LogP contribution in [-0.2, 0) is 11.8 Å². The van der Waals surface area contributed by atoms with E-state index in [1.807, 2.05) is 0 Å². The molecule has 404 valence electrons. The summed E-state index contributed by atoms with van der Waals surface area (Å²) in [7, 11) is 0. The van der Waals surface area contributed by atoms with Gasteiger partial charge >= 0.3 is 257 Å². The molecule has 4 nitrogen and oxygen atoms in total. The number of pyridine rings is 2. The van der Waals surface area contributed by atoms with Crippen molar-refractivity contribution in [3.63, 3.8) is 0 Å². The Balaban J connectivity index is 0.000000134. The molecular formula is C78H50N4P2SSe. The Labute approximate surface area is 508 Å². The summed E-state index contributed by atoms with van der Waals surface area (Å²) in [4.78, 5) is 10.9. The molecule has 4 heterocycles. The molecule has 4 aromatic heterocycles. The maximum atomic E-state index is 6.83. The van der Waals surface area contributed by atoms with Gasteiger partial charge < -0.3 is 0 Å². The van der Waals surface area contributed by atoms with Crippen molar-refractivity contribution in [1.82, 2.24) is 18.8 Å². The predicted octanol–water partition coefficient (Wildman–Crippen LogP) is 17.3. The van der Waals surface area contributed by atoms with Crippen LogP contribution in [0.4, 0.5) is 0 Å². The standard InChI is InChI=1S/C39H25N2PS.C39H25N2PSe/c43-42(29-15-3-1-4-16-29,30-17-5-2-6-18-30)36-21-11-20-34-38(36)40-39-37-31-19-10-9-12-26(31)22-23-32(37)33-24-27-13-7-8-14-28(27)25-35(33)41(34)39;43-42(29-15-3-1-4-16-29,30-17-5-2-6-18-30)36-21-11-14-26-22-23-31-32-24-27-12-7-8-13-28(27)25-35(32)41-34-20-10-9-19-33(34)40-39(41)38(31)37(26)36/h2*1-25H. The van der Waals surface area contributed by atoms with Crippen LogP contribution in [0.25, 0.3) is 120 Å². The molecule has 0 radical (unpaired) electrons. The predicted molar refractivity (Wildman–Crippen MR) is 376 cm³/mol. The third kappa shape index (κ3) is 7.75. The summed E-state index contributed by atoms with van der Waals surface area (Å²) in [6.07, 6.45) is 0. The monoisotopic (exact) mass is 1220 g/mol. The zero-order chi connectivity index (χ0) is 57.1. The van der Waals surface area contributed by atoms with Crippen molar-refractivity contribution in [2.45, 2.75) is 0 Å². The Morgan fingerprint density at radius 2 is 0.721 bits per heavy atom. The molecule has 0 aliphatic carbocycles. The Morgan fingerprint density at radius 3 is 1.33 bits per heavy atom. The SMILES string of the molecule is S=P(c1ccccc1)(c1ccccc1)c1cccc2c1nc1c3c4ccccc4ccc3c3cc4ccccc4cc3n21.[Se]=P(c1ccccc1)(c1ccccc1)c1cccc2ccc3c4cc5ccccc5cc4n4c5ccccc5nc4c3c12. The van der Waals surface area contributed by atoms with Crippen LogP contribution >= 0.6 is 11.5 Å². The molecule has 18 rings (SSSR count). The fourth-order valence-electron chi connectivity index (χ4n) is 13.7. The first-order valence-electron chi connectivity index (χ1n) is 29.0. The van der Waals surface area contributed by atoms with E-state index in [0.29, 0.717) is 0 Å². The summed E-state index contributed by atoms with van der Waals surface area (Å²) in [5.74, 6) is 0. The topological polar surface area (TPSA) is 34.6 Å². The quantitative estimate of drug-likeness (QED) is 0.0720. The minimum atomic E-state index is -2.43. The molecule has 0 aliphatic heterocycles. The molecule has 14 aromatic carbocycles. The van der Waals surface area contributed by atoms with Crippen molar-refractivity contribution in [1.29, 1.82) is 0 Å². The summed E-state index contributed by atoms with van der Waals surface area (Å²) in [5, 5.41) is 24.6. The summed E-state index contributed by atoms with van der Waals surface area (Å²) >= 11 is 10.6. The van der Waals surface area contributed by atoms with E-state index in [1.54, 1.807) is 0 Å². The van der Waals surface area contributed by atoms with Crippen molar-refractivity contribution in [2.24, 2.45) is 0 Å². The average molecular weight is 1220 g/mol. The van der Waals surface area contributed by atoms with Gasteiger partial charge in [0, 0.05) is 22.1 Å². The van der Waals surface area contributed by atoms with Crippen LogP contribution in [0.5, 0.6) is 0 Å². The van der Waals surface area contributed by atoms with E-state index in [9.17, 15) is 0 Å². The second kappa shape index (κ2) is 20.2. The molecule has 0 N–H and O–H groups in total. The van der Waals surface area contributed by atoms with Crippen molar-refractivity contribution < 1.29 is 0 Å². The number of imidazole rings is 2. The molecule has 18 aromatic rings. The Hall–Kier alpha value is -9.34. The second-order valence-electron chi connectivity index (χ2n) is 22.2. The normalized spacial score (nSPS) is 12.3. The Morgan fingerprint density at radius 1 is 0.291 bits per heavy atom. The summed E-state index contributed by atoms with van der Waals surface area (Å²) < 4.78 is 4.77. The third-order valence-electron chi connectivity index (χ3n) is 17.6. The second-order valence-corrected chi connectivity index (χ2v) is 32.8. The first-order chi connectivity index (χ1) is 42.4. The van der Waals surface area contributed by atoms with Crippen LogP contribution in [0, 0.1) is 0 Å². The minimum absolute atomic E-state index is 0.972. The molecule has 0 bridgehead atoms. The number of nitrogens with zero attached hydrogens (tertiary/aromatic N) is 4. The first-order valence-corrected chi connectivity index (χ1v) is 35.8. The van der Waals surface area contributed by atoms with Gasteiger partial charge in [-0.15, -0.1) is 0 Å². The fraction of sp³-hybridized carbons (Fsp3) is 0. The van der Waals surface area contributed by atoms with Crippen LogP contribution in [-0.4, -0.2) is 33.9 Å². The average Bonchev–Trinajstić information content (AvgIpc) is 1.48. The summed E-state index contributed by atoms with van der Waals surface area (Å²) in [6, 6.07) is 107. The molecule has 0 atom stereocenters. The van der Waals surface area contributed by atoms with Crippen LogP contribution in [0.1, 0.15) is 0 Å². The van der Waals surface area contributed by atoms with Gasteiger partial charge in [0.05, 0.1) is 16.6 Å². The van der Waals surface area contributed by atoms with Gasteiger partial charge in [0.1, 0.15) is 5.65 Å². The van der Waals surface area contributed by atoms with Gasteiger partial charge in [-0.2, -0.15) is 0 Å². The number of benzene rings is 14. The van der Waals surface area contributed by atoms with Gasteiger partial charge in [-0.05, 0) is 55.7 Å². The van der Waals surface area contributed by atoms with E-state index in [-0.39, 0.29) is 0 Å². The molecule has 0 amide bonds. The molecule has 0 spiro atoms. The molecule has 8 heteroatoms. The van der Waals surface area contributed by atoms with E-state index in [0.717, 1.165) is 44.2 Å². The maximum absolute atomic E-state index is 6.83. The Kier molecular flexibility index (Phi) is 12.0. The number of para-hydroxylation sites is 3. The van der Waals surface area contributed by atoms with E-state index in [4.69, 9.17) is 21.8 Å².